The quantitative estimate of drug-likeness (QED) is 0.629. The van der Waals surface area contributed by atoms with Crippen molar-refractivity contribution in [3.05, 3.63) is 35.5 Å². The van der Waals surface area contributed by atoms with Crippen LogP contribution in [-0.4, -0.2) is 5.72 Å². The third-order valence-corrected chi connectivity index (χ3v) is 3.22. The minimum absolute atomic E-state index is 0.606. The van der Waals surface area contributed by atoms with Crippen LogP contribution in [0.4, 0.5) is 5.69 Å². The van der Waals surface area contributed by atoms with Gasteiger partial charge in [0.15, 0.2) is 5.72 Å². The van der Waals surface area contributed by atoms with Crippen molar-refractivity contribution in [2.24, 2.45) is 5.90 Å². The molecule has 4 heteroatoms. The number of rotatable bonds is 3. The lowest BCUT2D eigenvalue weighted by molar-refractivity contribution is -0.0683. The van der Waals surface area contributed by atoms with Gasteiger partial charge in [0.05, 0.1) is 0 Å². The smallest absolute Gasteiger partial charge is 0.151 e. The first-order valence-corrected chi connectivity index (χ1v) is 5.69. The third-order valence-electron chi connectivity index (χ3n) is 3.22. The van der Waals surface area contributed by atoms with E-state index in [1.807, 2.05) is 18.2 Å². The van der Waals surface area contributed by atoms with Gasteiger partial charge in [-0.3, -0.25) is 4.84 Å². The summed E-state index contributed by atoms with van der Waals surface area (Å²) in [6, 6.07) is 9.12. The van der Waals surface area contributed by atoms with Crippen LogP contribution < -0.4 is 11.0 Å². The lowest BCUT2D eigenvalue weighted by Crippen LogP contribution is -2.51. The molecule has 0 amide bonds. The fraction of sp³-hybridized carbons (Fsp3) is 0.500. The summed E-state index contributed by atoms with van der Waals surface area (Å²) in [5, 5.41) is 13.2. The monoisotopic (exact) mass is 221 g/mol. The van der Waals surface area contributed by atoms with Crippen LogP contribution in [0.2, 0.25) is 0 Å². The molecule has 0 spiro atoms. The van der Waals surface area contributed by atoms with E-state index in [1.165, 1.54) is 0 Å². The van der Waals surface area contributed by atoms with Crippen LogP contribution in [-0.2, 0) is 4.84 Å². The molecule has 0 heterocycles. The molecular formula is C12H17N2O2-. The molecule has 1 aliphatic rings. The van der Waals surface area contributed by atoms with Crippen LogP contribution in [0.5, 0.6) is 0 Å². The fourth-order valence-corrected chi connectivity index (χ4v) is 2.27. The normalized spacial score (nSPS) is 19.4. The number of nitrogens with two attached hydrogens (primary N) is 1. The number of hydrogen-bond donors (Lipinski definition) is 1. The second-order valence-corrected chi connectivity index (χ2v) is 4.25. The summed E-state index contributed by atoms with van der Waals surface area (Å²) in [4.78, 5) is 5.01. The Morgan fingerprint density at radius 3 is 2.31 bits per heavy atom. The molecule has 2 N–H and O–H groups in total. The number of anilines is 1. The Balaban J connectivity index is 2.20. The summed E-state index contributed by atoms with van der Waals surface area (Å²) >= 11 is 0. The second kappa shape index (κ2) is 4.82. The van der Waals surface area contributed by atoms with Gasteiger partial charge in [0.25, 0.3) is 0 Å². The Morgan fingerprint density at radius 2 is 1.75 bits per heavy atom. The molecule has 0 aromatic heterocycles. The first-order valence-electron chi connectivity index (χ1n) is 5.69. The summed E-state index contributed by atoms with van der Waals surface area (Å²) < 4.78 is 0. The van der Waals surface area contributed by atoms with Gasteiger partial charge in [-0.1, -0.05) is 24.6 Å². The molecule has 4 nitrogen and oxygen atoms in total. The van der Waals surface area contributed by atoms with Crippen molar-refractivity contribution >= 4 is 5.69 Å². The van der Waals surface area contributed by atoms with Gasteiger partial charge in [0.2, 0.25) is 0 Å². The Bertz CT molecular complexity index is 323. The molecule has 0 bridgehead atoms. The molecule has 0 atom stereocenters. The minimum atomic E-state index is -0.862. The topological polar surface area (TPSA) is 61.5 Å². The number of nitrogens with zero attached hydrogens (tertiary/aromatic N) is 1. The molecule has 1 fully saturated rings. The molecule has 0 unspecified atom stereocenters. The molecular weight excluding hydrogens is 204 g/mol. The van der Waals surface area contributed by atoms with Gasteiger partial charge < -0.3 is 10.3 Å². The SMILES string of the molecule is NOC1(N([O-])c2ccccc2)CCCCC1. The van der Waals surface area contributed by atoms with Crippen LogP contribution >= 0.6 is 0 Å². The van der Waals surface area contributed by atoms with Gasteiger partial charge in [-0.2, -0.15) is 0 Å². The lowest BCUT2D eigenvalue weighted by Gasteiger charge is -2.50. The Labute approximate surface area is 95.5 Å². The fourth-order valence-electron chi connectivity index (χ4n) is 2.27. The van der Waals surface area contributed by atoms with E-state index in [4.69, 9.17) is 10.7 Å². The molecule has 88 valence electrons. The largest absolute Gasteiger partial charge is 0.756 e. The van der Waals surface area contributed by atoms with Crippen molar-refractivity contribution in [3.8, 4) is 0 Å². The summed E-state index contributed by atoms with van der Waals surface area (Å²) in [5.41, 5.74) is -0.255. The molecule has 0 aliphatic heterocycles. The van der Waals surface area contributed by atoms with E-state index in [-0.39, 0.29) is 0 Å². The van der Waals surface area contributed by atoms with Crippen LogP contribution in [0.25, 0.3) is 0 Å². The van der Waals surface area contributed by atoms with Gasteiger partial charge in [-0.15, -0.1) is 0 Å². The van der Waals surface area contributed by atoms with Crippen LogP contribution in [0, 0.1) is 5.21 Å². The van der Waals surface area contributed by atoms with Crippen LogP contribution in [0.1, 0.15) is 32.1 Å². The Hall–Kier alpha value is -1.10. The molecule has 1 aromatic rings. The highest BCUT2D eigenvalue weighted by atomic mass is 16.7. The summed E-state index contributed by atoms with van der Waals surface area (Å²) in [5.74, 6) is 5.33. The molecule has 0 saturated heterocycles. The summed E-state index contributed by atoms with van der Waals surface area (Å²) in [7, 11) is 0. The predicted molar refractivity (Wildman–Crippen MR) is 63.4 cm³/mol. The van der Waals surface area contributed by atoms with Crippen molar-refractivity contribution in [2.45, 2.75) is 37.8 Å². The van der Waals surface area contributed by atoms with Crippen molar-refractivity contribution < 1.29 is 4.84 Å². The van der Waals surface area contributed by atoms with E-state index in [9.17, 15) is 5.21 Å². The Kier molecular flexibility index (Phi) is 3.43. The zero-order valence-electron chi connectivity index (χ0n) is 9.26. The van der Waals surface area contributed by atoms with Crippen molar-refractivity contribution in [2.75, 3.05) is 5.06 Å². The number of hydrogen-bond acceptors (Lipinski definition) is 4. The average molecular weight is 221 g/mol. The Morgan fingerprint density at radius 1 is 1.12 bits per heavy atom. The van der Waals surface area contributed by atoms with Gasteiger partial charge in [-0.25, -0.2) is 5.90 Å². The molecule has 1 saturated carbocycles. The van der Waals surface area contributed by atoms with Gasteiger partial charge in [0, 0.05) is 5.69 Å². The number of hydroxylamine groups is 1. The first-order chi connectivity index (χ1) is 7.78. The number of para-hydroxylation sites is 1. The molecule has 2 rings (SSSR count). The number of benzene rings is 1. The van der Waals surface area contributed by atoms with Crippen molar-refractivity contribution in [1.29, 1.82) is 0 Å². The van der Waals surface area contributed by atoms with E-state index in [2.05, 4.69) is 0 Å². The van der Waals surface area contributed by atoms with E-state index >= 15 is 0 Å². The minimum Gasteiger partial charge on any atom is -0.756 e. The maximum absolute atomic E-state index is 12.3. The zero-order valence-corrected chi connectivity index (χ0v) is 9.26. The standard InChI is InChI=1S/C12H17N2O2/c13-16-12(9-5-2-6-10-12)14(15)11-7-3-1-4-8-11/h1,3-4,7-8H,2,5-6,9-10,13H2/q-1. The highest BCUT2D eigenvalue weighted by molar-refractivity contribution is 5.49. The first kappa shape index (κ1) is 11.4. The van der Waals surface area contributed by atoms with E-state index in [0.717, 1.165) is 24.3 Å². The molecule has 1 aliphatic carbocycles. The summed E-state index contributed by atoms with van der Waals surface area (Å²) in [6.07, 6.45) is 4.52. The highest BCUT2D eigenvalue weighted by Gasteiger charge is 2.34. The van der Waals surface area contributed by atoms with Crippen molar-refractivity contribution in [3.63, 3.8) is 0 Å². The van der Waals surface area contributed by atoms with Gasteiger partial charge in [0.1, 0.15) is 0 Å². The van der Waals surface area contributed by atoms with E-state index in [1.54, 1.807) is 12.1 Å². The zero-order chi connectivity index (χ0) is 11.4. The van der Waals surface area contributed by atoms with Crippen LogP contribution in [0.3, 0.4) is 0 Å². The molecule has 1 aromatic carbocycles. The van der Waals surface area contributed by atoms with E-state index in [0.29, 0.717) is 18.5 Å². The van der Waals surface area contributed by atoms with Crippen molar-refractivity contribution in [1.82, 2.24) is 0 Å². The average Bonchev–Trinajstić information content (AvgIpc) is 2.39. The molecule has 0 radical (unpaired) electrons. The third kappa shape index (κ3) is 2.04. The van der Waals surface area contributed by atoms with E-state index < -0.39 is 5.72 Å². The highest BCUT2D eigenvalue weighted by Crippen LogP contribution is 2.35. The second-order valence-electron chi connectivity index (χ2n) is 4.25. The maximum Gasteiger partial charge on any atom is 0.151 e. The van der Waals surface area contributed by atoms with Crippen LogP contribution in [0.15, 0.2) is 30.3 Å². The lowest BCUT2D eigenvalue weighted by atomic mass is 9.91. The maximum atomic E-state index is 12.3. The summed E-state index contributed by atoms with van der Waals surface area (Å²) in [6.45, 7) is 0. The van der Waals surface area contributed by atoms with Gasteiger partial charge in [-0.05, 0) is 37.8 Å². The predicted octanol–water partition coefficient (Wildman–Crippen LogP) is 2.54. The molecule has 16 heavy (non-hydrogen) atoms. The van der Waals surface area contributed by atoms with Gasteiger partial charge >= 0.3 is 0 Å².